The van der Waals surface area contributed by atoms with Crippen molar-refractivity contribution in [3.8, 4) is 29.0 Å². The van der Waals surface area contributed by atoms with Crippen LogP contribution in [0.25, 0.3) is 17.1 Å². The van der Waals surface area contributed by atoms with Crippen molar-refractivity contribution in [3.05, 3.63) is 75.3 Å². The van der Waals surface area contributed by atoms with Crippen molar-refractivity contribution in [2.75, 3.05) is 6.61 Å². The van der Waals surface area contributed by atoms with Crippen molar-refractivity contribution in [3.63, 3.8) is 0 Å². The second-order valence-corrected chi connectivity index (χ2v) is 7.11. The van der Waals surface area contributed by atoms with E-state index in [0.717, 1.165) is 0 Å². The van der Waals surface area contributed by atoms with Gasteiger partial charge in [-0.2, -0.15) is 10.2 Å². The summed E-state index contributed by atoms with van der Waals surface area (Å²) in [6.07, 6.45) is 2.39. The van der Waals surface area contributed by atoms with Crippen LogP contribution in [0.15, 0.2) is 47.3 Å². The van der Waals surface area contributed by atoms with Crippen molar-refractivity contribution in [2.45, 2.75) is 32.6 Å². The van der Waals surface area contributed by atoms with Crippen molar-refractivity contribution in [1.82, 2.24) is 9.55 Å². The zero-order valence-corrected chi connectivity index (χ0v) is 16.3. The minimum atomic E-state index is -0.659. The maximum absolute atomic E-state index is 14.3. The number of hydrogen-bond donors (Lipinski definition) is 0. The first-order valence-electron chi connectivity index (χ1n) is 9.60. The van der Waals surface area contributed by atoms with Gasteiger partial charge in [-0.15, -0.1) is 0 Å². The SMILES string of the molecule is CCOc1nc(-c2ccc(C#N)c(F)c2)n(-c2ccc(C3CC3)cc2)c(=O)c1C. The van der Waals surface area contributed by atoms with Crippen molar-refractivity contribution in [1.29, 1.82) is 5.26 Å². The first kappa shape index (κ1) is 18.9. The van der Waals surface area contributed by atoms with Gasteiger partial charge in [0.05, 0.1) is 23.4 Å². The van der Waals surface area contributed by atoms with E-state index < -0.39 is 5.82 Å². The Kier molecular flexibility index (Phi) is 4.89. The van der Waals surface area contributed by atoms with E-state index in [4.69, 9.17) is 10.00 Å². The molecule has 0 N–H and O–H groups in total. The lowest BCUT2D eigenvalue weighted by atomic mass is 10.1. The molecule has 0 atom stereocenters. The van der Waals surface area contributed by atoms with Crippen LogP contribution < -0.4 is 10.3 Å². The normalized spacial score (nSPS) is 13.2. The number of ether oxygens (including phenoxy) is 1. The van der Waals surface area contributed by atoms with E-state index in [9.17, 15) is 9.18 Å². The second kappa shape index (κ2) is 7.51. The van der Waals surface area contributed by atoms with Crippen LogP contribution in [0.1, 0.15) is 42.4 Å². The van der Waals surface area contributed by atoms with Gasteiger partial charge in [0.15, 0.2) is 5.82 Å². The molecular formula is C23H20FN3O2. The summed E-state index contributed by atoms with van der Waals surface area (Å²) in [7, 11) is 0. The summed E-state index contributed by atoms with van der Waals surface area (Å²) in [5.41, 5.74) is 2.35. The predicted molar refractivity (Wildman–Crippen MR) is 108 cm³/mol. The van der Waals surface area contributed by atoms with Gasteiger partial charge in [-0.25, -0.2) is 4.39 Å². The van der Waals surface area contributed by atoms with E-state index in [1.807, 2.05) is 31.2 Å². The van der Waals surface area contributed by atoms with Crippen LogP contribution in [-0.2, 0) is 0 Å². The van der Waals surface area contributed by atoms with E-state index in [1.54, 1.807) is 19.1 Å². The summed E-state index contributed by atoms with van der Waals surface area (Å²) < 4.78 is 21.3. The van der Waals surface area contributed by atoms with Gasteiger partial charge in [-0.3, -0.25) is 9.36 Å². The Morgan fingerprint density at radius 2 is 1.97 bits per heavy atom. The molecule has 5 nitrogen and oxygen atoms in total. The Hall–Kier alpha value is -3.46. The molecule has 1 aliphatic carbocycles. The van der Waals surface area contributed by atoms with Crippen LogP contribution in [0.4, 0.5) is 4.39 Å². The molecule has 0 spiro atoms. The largest absolute Gasteiger partial charge is 0.478 e. The number of benzene rings is 2. The third kappa shape index (κ3) is 3.52. The Labute approximate surface area is 168 Å². The van der Waals surface area contributed by atoms with Crippen molar-refractivity contribution in [2.24, 2.45) is 0 Å². The molecule has 0 saturated heterocycles. The van der Waals surface area contributed by atoms with Gasteiger partial charge < -0.3 is 4.74 Å². The van der Waals surface area contributed by atoms with Crippen LogP contribution in [0.2, 0.25) is 0 Å². The molecule has 0 bridgehead atoms. The number of hydrogen-bond acceptors (Lipinski definition) is 4. The fourth-order valence-electron chi connectivity index (χ4n) is 3.35. The number of nitrogens with zero attached hydrogens (tertiary/aromatic N) is 3. The summed E-state index contributed by atoms with van der Waals surface area (Å²) in [4.78, 5) is 17.7. The molecule has 0 amide bonds. The average molecular weight is 389 g/mol. The highest BCUT2D eigenvalue weighted by molar-refractivity contribution is 5.61. The van der Waals surface area contributed by atoms with Gasteiger partial charge in [0.25, 0.3) is 5.56 Å². The molecule has 6 heteroatoms. The highest BCUT2D eigenvalue weighted by atomic mass is 19.1. The molecule has 3 aromatic rings. The van der Waals surface area contributed by atoms with Crippen molar-refractivity contribution >= 4 is 0 Å². The van der Waals surface area contributed by atoms with Crippen LogP contribution in [0.5, 0.6) is 5.88 Å². The van der Waals surface area contributed by atoms with Gasteiger partial charge in [0.1, 0.15) is 11.9 Å². The lowest BCUT2D eigenvalue weighted by Crippen LogP contribution is -2.25. The zero-order chi connectivity index (χ0) is 20.5. The number of aromatic nitrogens is 2. The summed E-state index contributed by atoms with van der Waals surface area (Å²) in [6.45, 7) is 3.83. The lowest BCUT2D eigenvalue weighted by Gasteiger charge is -2.16. The molecule has 4 rings (SSSR count). The average Bonchev–Trinajstić information content (AvgIpc) is 3.57. The Balaban J connectivity index is 1.93. The van der Waals surface area contributed by atoms with Gasteiger partial charge in [-0.1, -0.05) is 12.1 Å². The lowest BCUT2D eigenvalue weighted by molar-refractivity contribution is 0.323. The van der Waals surface area contributed by atoms with Gasteiger partial charge >= 0.3 is 0 Å². The Bertz CT molecular complexity index is 1170. The number of nitriles is 1. The van der Waals surface area contributed by atoms with Gasteiger partial charge in [-0.05, 0) is 68.5 Å². The molecule has 146 valence electrons. The first-order valence-corrected chi connectivity index (χ1v) is 9.60. The third-order valence-corrected chi connectivity index (χ3v) is 5.09. The van der Waals surface area contributed by atoms with E-state index >= 15 is 0 Å². The Morgan fingerprint density at radius 3 is 2.55 bits per heavy atom. The van der Waals surface area contributed by atoms with E-state index in [1.165, 1.54) is 35.1 Å². The van der Waals surface area contributed by atoms with Crippen molar-refractivity contribution < 1.29 is 9.13 Å². The highest BCUT2D eigenvalue weighted by Gasteiger charge is 2.24. The molecule has 1 aromatic heterocycles. The molecule has 2 aromatic carbocycles. The first-order chi connectivity index (χ1) is 14.0. The summed E-state index contributed by atoms with van der Waals surface area (Å²) in [5, 5.41) is 9.00. The molecule has 0 aliphatic heterocycles. The van der Waals surface area contributed by atoms with E-state index in [2.05, 4.69) is 4.98 Å². The number of rotatable bonds is 5. The minimum absolute atomic E-state index is 0.0615. The highest BCUT2D eigenvalue weighted by Crippen LogP contribution is 2.40. The molecule has 0 radical (unpaired) electrons. The standard InChI is InChI=1S/C23H20FN3O2/c1-3-29-22-14(2)23(28)27(19-10-8-16(9-11-19)15-4-5-15)21(26-22)17-6-7-18(13-25)20(24)12-17/h6-12,15H,3-5H2,1-2H3. The molecule has 1 aliphatic rings. The fourth-order valence-corrected chi connectivity index (χ4v) is 3.35. The molecule has 1 fully saturated rings. The van der Waals surface area contributed by atoms with Crippen LogP contribution in [0.3, 0.4) is 0 Å². The third-order valence-electron chi connectivity index (χ3n) is 5.09. The summed E-state index contributed by atoms with van der Waals surface area (Å²) in [5.74, 6) is 0.441. The molecular weight excluding hydrogens is 369 g/mol. The monoisotopic (exact) mass is 389 g/mol. The molecule has 1 heterocycles. The molecule has 1 saturated carbocycles. The molecule has 29 heavy (non-hydrogen) atoms. The van der Waals surface area contributed by atoms with Crippen LogP contribution in [-0.4, -0.2) is 16.2 Å². The summed E-state index contributed by atoms with van der Waals surface area (Å²) >= 11 is 0. The smallest absolute Gasteiger partial charge is 0.265 e. The van der Waals surface area contributed by atoms with Crippen LogP contribution in [0, 0.1) is 24.1 Å². The van der Waals surface area contributed by atoms with Gasteiger partial charge in [0.2, 0.25) is 5.88 Å². The fraction of sp³-hybridized carbons (Fsp3) is 0.261. The maximum Gasteiger partial charge on any atom is 0.265 e. The quantitative estimate of drug-likeness (QED) is 0.645. The topological polar surface area (TPSA) is 67.9 Å². The number of halogens is 1. The maximum atomic E-state index is 14.3. The molecule has 0 unspecified atom stereocenters. The second-order valence-electron chi connectivity index (χ2n) is 7.11. The van der Waals surface area contributed by atoms with E-state index in [0.29, 0.717) is 29.3 Å². The van der Waals surface area contributed by atoms with Gasteiger partial charge in [0, 0.05) is 5.56 Å². The summed E-state index contributed by atoms with van der Waals surface area (Å²) in [6, 6.07) is 13.8. The minimum Gasteiger partial charge on any atom is -0.478 e. The van der Waals surface area contributed by atoms with Crippen LogP contribution >= 0.6 is 0 Å². The predicted octanol–water partition coefficient (Wildman–Crippen LogP) is 4.49. The van der Waals surface area contributed by atoms with E-state index in [-0.39, 0.29) is 22.8 Å². The zero-order valence-electron chi connectivity index (χ0n) is 16.3. The Morgan fingerprint density at radius 1 is 1.24 bits per heavy atom.